The summed E-state index contributed by atoms with van der Waals surface area (Å²) in [5, 5.41) is 10.6. The molecule has 5 heterocycles. The predicted octanol–water partition coefficient (Wildman–Crippen LogP) is 4.05. The maximum Gasteiger partial charge on any atom is 0.490 e. The molecule has 2 N–H and O–H groups in total. The second kappa shape index (κ2) is 11.0. The Hall–Kier alpha value is -3.42. The summed E-state index contributed by atoms with van der Waals surface area (Å²) in [6, 6.07) is 5.00. The van der Waals surface area contributed by atoms with Gasteiger partial charge in [-0.05, 0) is 37.0 Å². The first-order valence-corrected chi connectivity index (χ1v) is 14.1. The van der Waals surface area contributed by atoms with E-state index >= 15 is 0 Å². The van der Waals surface area contributed by atoms with Crippen LogP contribution in [0.4, 0.5) is 24.9 Å². The zero-order chi connectivity index (χ0) is 27.7. The van der Waals surface area contributed by atoms with E-state index in [2.05, 4.69) is 30.1 Å². The molecule has 14 heteroatoms. The number of furan rings is 1. The highest BCUT2D eigenvalue weighted by molar-refractivity contribution is 7.85. The lowest BCUT2D eigenvalue weighted by atomic mass is 9.93. The molecule has 0 amide bonds. The van der Waals surface area contributed by atoms with Crippen LogP contribution >= 0.6 is 0 Å². The molecule has 1 unspecified atom stereocenters. The number of carbonyl (C=O) groups excluding carboxylic acids is 1. The maximum absolute atomic E-state index is 12.7. The third-order valence-electron chi connectivity index (χ3n) is 7.02. The molecule has 1 saturated heterocycles. The lowest BCUT2D eigenvalue weighted by Crippen LogP contribution is -2.37. The molecule has 210 valence electrons. The van der Waals surface area contributed by atoms with Crippen LogP contribution in [0.25, 0.3) is 11.5 Å². The molecule has 2 aliphatic rings. The highest BCUT2D eigenvalue weighted by atomic mass is 32.2. The van der Waals surface area contributed by atoms with Crippen molar-refractivity contribution in [2.45, 2.75) is 56.1 Å². The van der Waals surface area contributed by atoms with Crippen LogP contribution in [-0.4, -0.2) is 68.0 Å². The van der Waals surface area contributed by atoms with Gasteiger partial charge in [0.05, 0.1) is 28.8 Å². The molecule has 10 nitrogen and oxygen atoms in total. The lowest BCUT2D eigenvalue weighted by molar-refractivity contribution is -0.200. The fourth-order valence-corrected chi connectivity index (χ4v) is 6.05. The summed E-state index contributed by atoms with van der Waals surface area (Å²) in [6.45, 7) is 4.42. The second-order valence-corrected chi connectivity index (χ2v) is 11.5. The van der Waals surface area contributed by atoms with Gasteiger partial charge in [-0.2, -0.15) is 23.3 Å². The van der Waals surface area contributed by atoms with Crippen molar-refractivity contribution in [1.82, 2.24) is 20.2 Å². The number of aromatic amines is 1. The number of hydrogen-bond donors (Lipinski definition) is 2. The van der Waals surface area contributed by atoms with E-state index in [4.69, 9.17) is 9.40 Å². The van der Waals surface area contributed by atoms with Crippen molar-refractivity contribution in [3.63, 3.8) is 0 Å². The molecule has 3 aromatic rings. The molecule has 39 heavy (non-hydrogen) atoms. The van der Waals surface area contributed by atoms with Gasteiger partial charge in [0.2, 0.25) is 5.95 Å². The van der Waals surface area contributed by atoms with E-state index in [-0.39, 0.29) is 11.8 Å². The third-order valence-corrected chi connectivity index (χ3v) is 8.48. The normalized spacial score (nSPS) is 18.8. The number of alkyl halides is 3. The van der Waals surface area contributed by atoms with E-state index in [0.717, 1.165) is 24.2 Å². The number of esters is 1. The van der Waals surface area contributed by atoms with E-state index in [1.54, 1.807) is 20.1 Å². The van der Waals surface area contributed by atoms with Gasteiger partial charge in [-0.25, -0.2) is 9.78 Å². The van der Waals surface area contributed by atoms with Crippen molar-refractivity contribution in [3.8, 4) is 11.5 Å². The average Bonchev–Trinajstić information content (AvgIpc) is 3.67. The van der Waals surface area contributed by atoms with Crippen molar-refractivity contribution < 1.29 is 31.3 Å². The quantitative estimate of drug-likeness (QED) is 0.388. The molecule has 0 radical (unpaired) electrons. The zero-order valence-electron chi connectivity index (χ0n) is 21.5. The summed E-state index contributed by atoms with van der Waals surface area (Å²) in [6.07, 6.45) is -1.29. The first-order chi connectivity index (χ1) is 18.6. The minimum atomic E-state index is -5.07. The van der Waals surface area contributed by atoms with Crippen LogP contribution in [-0.2, 0) is 26.8 Å². The van der Waals surface area contributed by atoms with Crippen molar-refractivity contribution in [2.75, 3.05) is 35.7 Å². The number of H-pyrrole nitrogens is 1. The molecular weight excluding hydrogens is 537 g/mol. The fourth-order valence-electron chi connectivity index (χ4n) is 4.73. The van der Waals surface area contributed by atoms with Gasteiger partial charge in [0.25, 0.3) is 0 Å². The Morgan fingerprint density at radius 3 is 2.74 bits per heavy atom. The number of nitrogens with zero attached hydrogens (tertiary/aromatic N) is 4. The molecule has 3 aromatic heterocycles. The smallest absolute Gasteiger partial charge is 0.463 e. The van der Waals surface area contributed by atoms with Gasteiger partial charge >= 0.3 is 12.1 Å². The van der Waals surface area contributed by atoms with Crippen LogP contribution < -0.4 is 10.2 Å². The van der Waals surface area contributed by atoms with Gasteiger partial charge in [0.1, 0.15) is 23.0 Å². The number of aryl methyl sites for hydroxylation is 1. The van der Waals surface area contributed by atoms with Gasteiger partial charge in [-0.1, -0.05) is 13.8 Å². The number of rotatable bonds is 8. The van der Waals surface area contributed by atoms with Crippen molar-refractivity contribution in [2.24, 2.45) is 5.92 Å². The van der Waals surface area contributed by atoms with Crippen molar-refractivity contribution in [3.05, 3.63) is 35.9 Å². The van der Waals surface area contributed by atoms with E-state index in [1.807, 2.05) is 18.2 Å². The van der Waals surface area contributed by atoms with E-state index in [9.17, 15) is 22.2 Å². The summed E-state index contributed by atoms with van der Waals surface area (Å²) < 4.78 is 60.6. The number of piperidine rings is 1. The van der Waals surface area contributed by atoms with Gasteiger partial charge in [0.15, 0.2) is 5.76 Å². The zero-order valence-corrected chi connectivity index (χ0v) is 22.3. The molecule has 0 spiro atoms. The summed E-state index contributed by atoms with van der Waals surface area (Å²) >= 11 is 0. The first kappa shape index (κ1) is 27.2. The van der Waals surface area contributed by atoms with Crippen LogP contribution in [0, 0.1) is 5.92 Å². The van der Waals surface area contributed by atoms with E-state index in [0.29, 0.717) is 53.4 Å². The Bertz CT molecular complexity index is 1340. The highest BCUT2D eigenvalue weighted by Gasteiger charge is 2.41. The predicted molar refractivity (Wildman–Crippen MR) is 137 cm³/mol. The van der Waals surface area contributed by atoms with Gasteiger partial charge in [0, 0.05) is 36.9 Å². The van der Waals surface area contributed by atoms with Crippen LogP contribution in [0.1, 0.15) is 44.0 Å². The number of carbonyl (C=O) groups is 1. The third kappa shape index (κ3) is 5.94. The molecule has 0 bridgehead atoms. The number of aromatic nitrogens is 4. The fraction of sp³-hybridized carbons (Fsp3) is 0.520. The van der Waals surface area contributed by atoms with Crippen molar-refractivity contribution >= 4 is 28.5 Å². The van der Waals surface area contributed by atoms with Crippen LogP contribution in [0.5, 0.6) is 0 Å². The van der Waals surface area contributed by atoms with Crippen LogP contribution in [0.3, 0.4) is 0 Å². The van der Waals surface area contributed by atoms with Gasteiger partial charge < -0.3 is 19.4 Å². The number of ether oxygens (including phenoxy) is 1. The van der Waals surface area contributed by atoms with Crippen LogP contribution in [0.15, 0.2) is 33.8 Å². The summed E-state index contributed by atoms with van der Waals surface area (Å²) in [5.41, 5.74) is 2.44. The summed E-state index contributed by atoms with van der Waals surface area (Å²) in [7, 11) is -1.33. The van der Waals surface area contributed by atoms with E-state index < -0.39 is 35.6 Å². The Kier molecular flexibility index (Phi) is 7.65. The molecule has 2 aliphatic heterocycles. The topological polar surface area (TPSA) is 126 Å². The molecule has 5 rings (SSSR count). The molecule has 0 aliphatic carbocycles. The SMILES string of the molecule is CC(C)[C@H](COC(=O)C(F)(F)F)Nc1nc(N2CCC(c3cc(-c4ccco4)n[nH]3)CC2)nc2c1S(=O)CC2. The lowest BCUT2D eigenvalue weighted by Gasteiger charge is -2.32. The number of fused-ring (bicyclic) bond motifs is 1. The van der Waals surface area contributed by atoms with Gasteiger partial charge in [-0.3, -0.25) is 9.31 Å². The Labute approximate surface area is 225 Å². The minimum absolute atomic E-state index is 0.203. The molecular formula is C25H29F3N6O4S. The molecule has 0 saturated carbocycles. The Morgan fingerprint density at radius 2 is 2.08 bits per heavy atom. The number of hydrogen-bond acceptors (Lipinski definition) is 9. The number of anilines is 2. The summed E-state index contributed by atoms with van der Waals surface area (Å²) in [4.78, 5) is 23.2. The monoisotopic (exact) mass is 566 g/mol. The second-order valence-electron chi connectivity index (χ2n) is 9.99. The van der Waals surface area contributed by atoms with Crippen LogP contribution in [0.2, 0.25) is 0 Å². The molecule has 2 atom stereocenters. The molecule has 1 fully saturated rings. The Balaban J connectivity index is 1.30. The van der Waals surface area contributed by atoms with Gasteiger partial charge in [-0.15, -0.1) is 0 Å². The number of halogens is 3. The minimum Gasteiger partial charge on any atom is -0.463 e. The average molecular weight is 567 g/mol. The first-order valence-electron chi connectivity index (χ1n) is 12.7. The number of nitrogens with one attached hydrogen (secondary N) is 2. The van der Waals surface area contributed by atoms with Crippen molar-refractivity contribution in [1.29, 1.82) is 0 Å². The summed E-state index contributed by atoms with van der Waals surface area (Å²) in [5.74, 6) is -0.292. The largest absolute Gasteiger partial charge is 0.490 e. The Morgan fingerprint density at radius 1 is 1.31 bits per heavy atom. The standard InChI is InChI=1S/C25H29F3N6O4S/c1-14(2)19(13-38-23(35)25(26,27)28)29-22-21-16(7-11-39(21)36)30-24(31-22)34-8-5-15(6-9-34)17-12-18(33-32-17)20-4-3-10-37-20/h3-4,10,12,14-15,19H,5-9,11,13H2,1-2H3,(H,32,33)(H,29,30,31)/t19-,39?/m0/s1. The maximum atomic E-state index is 12.7. The molecule has 0 aromatic carbocycles. The van der Waals surface area contributed by atoms with E-state index in [1.165, 1.54) is 0 Å². The highest BCUT2D eigenvalue weighted by Crippen LogP contribution is 2.34.